The molecule has 5 heteroatoms. The molecule has 0 aromatic rings. The van der Waals surface area contributed by atoms with Gasteiger partial charge in [0.15, 0.2) is 0 Å². The molecule has 5 nitrogen and oxygen atoms in total. The number of nitrogens with one attached hydrogen (secondary N) is 1. The predicted octanol–water partition coefficient (Wildman–Crippen LogP) is 0.498. The Morgan fingerprint density at radius 3 is 2.47 bits per heavy atom. The normalized spacial score (nSPS) is 10.5. The zero-order valence-electron chi connectivity index (χ0n) is 11.3. The largest absolute Gasteiger partial charge is 0.382 e. The van der Waals surface area contributed by atoms with E-state index < -0.39 is 0 Å². The van der Waals surface area contributed by atoms with Crippen LogP contribution in [-0.4, -0.2) is 63.9 Å². The van der Waals surface area contributed by atoms with Gasteiger partial charge in [0.05, 0.1) is 19.8 Å². The topological polar surface area (TPSA) is 50.8 Å². The standard InChI is InChI=1S/C12H26N2O3/c1-4-14(5-2)12(15)11-13-7-6-8-17-10-9-16-3/h13H,4-11H2,1-3H3. The van der Waals surface area contributed by atoms with Crippen LogP contribution in [0.1, 0.15) is 20.3 Å². The molecule has 0 aromatic heterocycles. The van der Waals surface area contributed by atoms with E-state index >= 15 is 0 Å². The van der Waals surface area contributed by atoms with Crippen molar-refractivity contribution in [1.82, 2.24) is 10.2 Å². The van der Waals surface area contributed by atoms with Crippen LogP contribution in [0.4, 0.5) is 0 Å². The summed E-state index contributed by atoms with van der Waals surface area (Å²) in [5, 5.41) is 3.12. The van der Waals surface area contributed by atoms with Crippen LogP contribution in [-0.2, 0) is 14.3 Å². The van der Waals surface area contributed by atoms with Crippen molar-refractivity contribution >= 4 is 5.91 Å². The third-order valence-electron chi connectivity index (χ3n) is 2.47. The van der Waals surface area contributed by atoms with E-state index in [1.807, 2.05) is 18.7 Å². The Kier molecular flexibility index (Phi) is 11.4. The van der Waals surface area contributed by atoms with E-state index in [1.165, 1.54) is 0 Å². The molecule has 0 heterocycles. The summed E-state index contributed by atoms with van der Waals surface area (Å²) in [6.07, 6.45) is 0.912. The van der Waals surface area contributed by atoms with Crippen LogP contribution in [0.15, 0.2) is 0 Å². The van der Waals surface area contributed by atoms with Crippen LogP contribution >= 0.6 is 0 Å². The van der Waals surface area contributed by atoms with E-state index in [9.17, 15) is 4.79 Å². The van der Waals surface area contributed by atoms with Gasteiger partial charge in [-0.25, -0.2) is 0 Å². The number of nitrogens with zero attached hydrogens (tertiary/aromatic N) is 1. The Bertz CT molecular complexity index is 185. The van der Waals surface area contributed by atoms with Crippen LogP contribution in [0.5, 0.6) is 0 Å². The van der Waals surface area contributed by atoms with Crippen LogP contribution < -0.4 is 5.32 Å². The predicted molar refractivity (Wildman–Crippen MR) is 68.1 cm³/mol. The second kappa shape index (κ2) is 11.8. The van der Waals surface area contributed by atoms with Gasteiger partial charge in [0.25, 0.3) is 0 Å². The summed E-state index contributed by atoms with van der Waals surface area (Å²) in [7, 11) is 1.66. The third-order valence-corrected chi connectivity index (χ3v) is 2.47. The number of amides is 1. The second-order valence-corrected chi connectivity index (χ2v) is 3.70. The Hall–Kier alpha value is -0.650. The number of carbonyl (C=O) groups excluding carboxylic acids is 1. The second-order valence-electron chi connectivity index (χ2n) is 3.70. The van der Waals surface area contributed by atoms with E-state index in [4.69, 9.17) is 9.47 Å². The van der Waals surface area contributed by atoms with Crippen molar-refractivity contribution in [1.29, 1.82) is 0 Å². The highest BCUT2D eigenvalue weighted by atomic mass is 16.5. The van der Waals surface area contributed by atoms with E-state index in [2.05, 4.69) is 5.32 Å². The number of likely N-dealkylation sites (N-methyl/N-ethyl adjacent to an activating group) is 1. The average molecular weight is 246 g/mol. The molecule has 102 valence electrons. The van der Waals surface area contributed by atoms with Gasteiger partial charge < -0.3 is 19.7 Å². The lowest BCUT2D eigenvalue weighted by Crippen LogP contribution is -2.38. The van der Waals surface area contributed by atoms with E-state index in [0.717, 1.165) is 26.1 Å². The van der Waals surface area contributed by atoms with Gasteiger partial charge in [0.2, 0.25) is 5.91 Å². The number of hydrogen-bond donors (Lipinski definition) is 1. The van der Waals surface area contributed by atoms with Crippen molar-refractivity contribution in [2.24, 2.45) is 0 Å². The molecule has 0 atom stereocenters. The molecule has 1 amide bonds. The third kappa shape index (κ3) is 9.09. The first-order valence-corrected chi connectivity index (χ1v) is 6.31. The van der Waals surface area contributed by atoms with Crippen molar-refractivity contribution in [2.45, 2.75) is 20.3 Å². The summed E-state index contributed by atoms with van der Waals surface area (Å²) >= 11 is 0. The monoisotopic (exact) mass is 246 g/mol. The number of ether oxygens (including phenoxy) is 2. The van der Waals surface area contributed by atoms with E-state index in [-0.39, 0.29) is 5.91 Å². The number of rotatable bonds is 11. The maximum Gasteiger partial charge on any atom is 0.236 e. The van der Waals surface area contributed by atoms with Gasteiger partial charge in [0, 0.05) is 26.8 Å². The average Bonchev–Trinajstić information content (AvgIpc) is 2.34. The maximum absolute atomic E-state index is 11.6. The number of carbonyl (C=O) groups is 1. The SMILES string of the molecule is CCN(CC)C(=O)CNCCCOCCOC. The van der Waals surface area contributed by atoms with Gasteiger partial charge in [-0.15, -0.1) is 0 Å². The van der Waals surface area contributed by atoms with Gasteiger partial charge in [-0.2, -0.15) is 0 Å². The summed E-state index contributed by atoms with van der Waals surface area (Å²) in [4.78, 5) is 13.4. The molecular formula is C12H26N2O3. The van der Waals surface area contributed by atoms with Crippen molar-refractivity contribution in [3.8, 4) is 0 Å². The Morgan fingerprint density at radius 1 is 1.18 bits per heavy atom. The Labute approximate surface area is 104 Å². The molecule has 0 radical (unpaired) electrons. The molecule has 1 N–H and O–H groups in total. The molecule has 0 spiro atoms. The van der Waals surface area contributed by atoms with Crippen molar-refractivity contribution < 1.29 is 14.3 Å². The molecular weight excluding hydrogens is 220 g/mol. The number of hydrogen-bond acceptors (Lipinski definition) is 4. The van der Waals surface area contributed by atoms with E-state index in [0.29, 0.717) is 26.4 Å². The minimum absolute atomic E-state index is 0.162. The smallest absolute Gasteiger partial charge is 0.236 e. The summed E-state index contributed by atoms with van der Waals surface area (Å²) < 4.78 is 10.2. The van der Waals surface area contributed by atoms with Crippen molar-refractivity contribution in [3.05, 3.63) is 0 Å². The lowest BCUT2D eigenvalue weighted by atomic mass is 10.4. The Morgan fingerprint density at radius 2 is 1.88 bits per heavy atom. The van der Waals surface area contributed by atoms with Crippen LogP contribution in [0.2, 0.25) is 0 Å². The quantitative estimate of drug-likeness (QED) is 0.539. The molecule has 17 heavy (non-hydrogen) atoms. The van der Waals surface area contributed by atoms with Crippen LogP contribution in [0.3, 0.4) is 0 Å². The highest BCUT2D eigenvalue weighted by molar-refractivity contribution is 5.78. The lowest BCUT2D eigenvalue weighted by molar-refractivity contribution is -0.129. The first kappa shape index (κ1) is 16.4. The molecule has 0 saturated carbocycles. The first-order chi connectivity index (χ1) is 8.26. The summed E-state index contributed by atoms with van der Waals surface area (Å²) in [5.41, 5.74) is 0. The first-order valence-electron chi connectivity index (χ1n) is 6.31. The minimum atomic E-state index is 0.162. The molecule has 0 aromatic carbocycles. The van der Waals surface area contributed by atoms with Gasteiger partial charge in [-0.05, 0) is 26.8 Å². The van der Waals surface area contributed by atoms with Gasteiger partial charge in [-0.3, -0.25) is 4.79 Å². The van der Waals surface area contributed by atoms with Gasteiger partial charge >= 0.3 is 0 Å². The van der Waals surface area contributed by atoms with Crippen LogP contribution in [0.25, 0.3) is 0 Å². The summed E-state index contributed by atoms with van der Waals surface area (Å²) in [6, 6.07) is 0. The highest BCUT2D eigenvalue weighted by Gasteiger charge is 2.07. The van der Waals surface area contributed by atoms with Crippen molar-refractivity contribution in [3.63, 3.8) is 0 Å². The van der Waals surface area contributed by atoms with E-state index in [1.54, 1.807) is 7.11 Å². The maximum atomic E-state index is 11.6. The molecule has 0 unspecified atom stereocenters. The summed E-state index contributed by atoms with van der Waals surface area (Å²) in [5.74, 6) is 0.162. The highest BCUT2D eigenvalue weighted by Crippen LogP contribution is 1.88. The zero-order chi connectivity index (χ0) is 12.9. The van der Waals surface area contributed by atoms with Gasteiger partial charge in [0.1, 0.15) is 0 Å². The summed E-state index contributed by atoms with van der Waals surface area (Å²) in [6.45, 7) is 8.72. The fourth-order valence-corrected chi connectivity index (χ4v) is 1.43. The molecule has 0 bridgehead atoms. The Balaban J connectivity index is 3.30. The number of methoxy groups -OCH3 is 1. The fourth-order valence-electron chi connectivity index (χ4n) is 1.43. The zero-order valence-corrected chi connectivity index (χ0v) is 11.3. The van der Waals surface area contributed by atoms with Gasteiger partial charge in [-0.1, -0.05) is 0 Å². The molecule has 0 fully saturated rings. The van der Waals surface area contributed by atoms with Crippen LogP contribution in [0, 0.1) is 0 Å². The fraction of sp³-hybridized carbons (Fsp3) is 0.917. The molecule has 0 aliphatic heterocycles. The minimum Gasteiger partial charge on any atom is -0.382 e. The molecule has 0 saturated heterocycles. The molecule has 0 aliphatic carbocycles. The molecule has 0 rings (SSSR count). The molecule has 0 aliphatic rings. The lowest BCUT2D eigenvalue weighted by Gasteiger charge is -2.18. The van der Waals surface area contributed by atoms with Crippen molar-refractivity contribution in [2.75, 3.05) is 53.1 Å².